The minimum Gasteiger partial charge on any atom is -0.264 e. The number of fused-ring (bicyclic) bond motifs is 3. The van der Waals surface area contributed by atoms with Crippen molar-refractivity contribution in [2.75, 3.05) is 0 Å². The molecule has 10 rings (SSSR count). The van der Waals surface area contributed by atoms with Gasteiger partial charge in [-0.1, -0.05) is 166 Å². The number of hydrogen-bond donors (Lipinski definition) is 0. The van der Waals surface area contributed by atoms with E-state index in [1.165, 1.54) is 38.9 Å². The molecule has 0 aliphatic heterocycles. The van der Waals surface area contributed by atoms with Crippen molar-refractivity contribution in [1.29, 1.82) is 0 Å². The van der Waals surface area contributed by atoms with Gasteiger partial charge < -0.3 is 0 Å². The summed E-state index contributed by atoms with van der Waals surface area (Å²) >= 11 is 0. The van der Waals surface area contributed by atoms with Gasteiger partial charge in [-0.25, -0.2) is 15.0 Å². The Morgan fingerprint density at radius 1 is 0.316 bits per heavy atom. The molecule has 2 heterocycles. The van der Waals surface area contributed by atoms with Gasteiger partial charge in [-0.15, -0.1) is 0 Å². The summed E-state index contributed by atoms with van der Waals surface area (Å²) < 4.78 is 0. The molecule has 4 nitrogen and oxygen atoms in total. The van der Waals surface area contributed by atoms with Crippen LogP contribution in [0.1, 0.15) is 25.0 Å². The van der Waals surface area contributed by atoms with Gasteiger partial charge in [-0.2, -0.15) is 0 Å². The lowest BCUT2D eigenvalue weighted by Crippen LogP contribution is -2.14. The minimum atomic E-state index is -0.00656. The molecule has 0 bridgehead atoms. The van der Waals surface area contributed by atoms with Gasteiger partial charge in [0.15, 0.2) is 17.5 Å². The van der Waals surface area contributed by atoms with Crippen LogP contribution in [0.15, 0.2) is 194 Å². The number of benzene rings is 7. The van der Waals surface area contributed by atoms with E-state index in [1.807, 2.05) is 42.6 Å². The summed E-state index contributed by atoms with van der Waals surface area (Å²) in [5, 5.41) is 0. The molecule has 0 unspecified atom stereocenters. The Balaban J connectivity index is 0.985. The van der Waals surface area contributed by atoms with Gasteiger partial charge in [0.25, 0.3) is 0 Å². The molecule has 1 aliphatic carbocycles. The molecule has 0 amide bonds. The average Bonchev–Trinajstić information content (AvgIpc) is 3.52. The zero-order valence-corrected chi connectivity index (χ0v) is 31.8. The van der Waals surface area contributed by atoms with Crippen LogP contribution in [0.2, 0.25) is 0 Å². The lowest BCUT2D eigenvalue weighted by molar-refractivity contribution is 0.660. The third-order valence-electron chi connectivity index (χ3n) is 11.2. The topological polar surface area (TPSA) is 51.6 Å². The normalized spacial score (nSPS) is 12.5. The van der Waals surface area contributed by atoms with Crippen molar-refractivity contribution >= 4 is 0 Å². The van der Waals surface area contributed by atoms with E-state index in [1.54, 1.807) is 6.20 Å². The predicted octanol–water partition coefficient (Wildman–Crippen LogP) is 13.2. The van der Waals surface area contributed by atoms with E-state index in [0.717, 1.165) is 44.5 Å². The third-order valence-corrected chi connectivity index (χ3v) is 11.2. The van der Waals surface area contributed by atoms with Crippen LogP contribution in [0.3, 0.4) is 0 Å². The largest absolute Gasteiger partial charge is 0.264 e. The van der Waals surface area contributed by atoms with E-state index in [-0.39, 0.29) is 5.41 Å². The molecular formula is C53H38N4. The van der Waals surface area contributed by atoms with Crippen molar-refractivity contribution in [3.63, 3.8) is 0 Å². The summed E-state index contributed by atoms with van der Waals surface area (Å²) in [6, 6.07) is 64.4. The third kappa shape index (κ3) is 6.41. The van der Waals surface area contributed by atoms with E-state index >= 15 is 0 Å². The molecule has 4 heteroatoms. The highest BCUT2D eigenvalue weighted by atomic mass is 15.0. The first-order valence-corrected chi connectivity index (χ1v) is 19.4. The van der Waals surface area contributed by atoms with Gasteiger partial charge in [0, 0.05) is 34.5 Å². The second-order valence-corrected chi connectivity index (χ2v) is 15.2. The van der Waals surface area contributed by atoms with Gasteiger partial charge in [-0.05, 0) is 97.1 Å². The van der Waals surface area contributed by atoms with E-state index in [9.17, 15) is 0 Å². The number of hydrogen-bond acceptors (Lipinski definition) is 4. The lowest BCUT2D eigenvalue weighted by Gasteiger charge is -2.21. The minimum absolute atomic E-state index is 0.00656. The van der Waals surface area contributed by atoms with Gasteiger partial charge in [0.05, 0.1) is 0 Å². The van der Waals surface area contributed by atoms with Gasteiger partial charge in [-0.3, -0.25) is 4.98 Å². The molecule has 0 atom stereocenters. The molecule has 0 spiro atoms. The molecule has 57 heavy (non-hydrogen) atoms. The Morgan fingerprint density at radius 3 is 1.37 bits per heavy atom. The fourth-order valence-electron chi connectivity index (χ4n) is 8.19. The van der Waals surface area contributed by atoms with Crippen LogP contribution in [0.25, 0.3) is 89.8 Å². The van der Waals surface area contributed by atoms with Crippen LogP contribution in [0.5, 0.6) is 0 Å². The Hall–Kier alpha value is -7.30. The van der Waals surface area contributed by atoms with E-state index < -0.39 is 0 Å². The maximum atomic E-state index is 5.05. The first-order valence-electron chi connectivity index (χ1n) is 19.4. The van der Waals surface area contributed by atoms with E-state index in [2.05, 4.69) is 164 Å². The molecule has 7 aromatic carbocycles. The molecule has 1 aliphatic rings. The van der Waals surface area contributed by atoms with Gasteiger partial charge in [0.1, 0.15) is 0 Å². The molecule has 0 fully saturated rings. The SMILES string of the molecule is CC1(C)c2ccccc2-c2cc(-c3cccc(-c4cccc(-c5cccc(-c6nc(-c7ccccc7)nc(-c7ccc(-c8cccnc8)cc7)n6)c5)c4)c3)ccc21. The van der Waals surface area contributed by atoms with Crippen molar-refractivity contribution in [3.05, 3.63) is 206 Å². The Morgan fingerprint density at radius 2 is 0.754 bits per heavy atom. The Labute approximate surface area is 333 Å². The Kier molecular flexibility index (Phi) is 8.45. The highest BCUT2D eigenvalue weighted by Crippen LogP contribution is 2.49. The molecule has 0 N–H and O–H groups in total. The van der Waals surface area contributed by atoms with E-state index in [0.29, 0.717) is 17.5 Å². The quantitative estimate of drug-likeness (QED) is 0.164. The highest BCUT2D eigenvalue weighted by Gasteiger charge is 2.35. The zero-order chi connectivity index (χ0) is 38.3. The molecule has 2 aromatic heterocycles. The molecule has 0 saturated carbocycles. The second-order valence-electron chi connectivity index (χ2n) is 15.2. The highest BCUT2D eigenvalue weighted by molar-refractivity contribution is 5.86. The lowest BCUT2D eigenvalue weighted by atomic mass is 9.82. The van der Waals surface area contributed by atoms with Crippen molar-refractivity contribution in [3.8, 4) is 89.8 Å². The first-order chi connectivity index (χ1) is 28.0. The van der Waals surface area contributed by atoms with Crippen LogP contribution < -0.4 is 0 Å². The maximum absolute atomic E-state index is 5.05. The van der Waals surface area contributed by atoms with Crippen molar-refractivity contribution in [2.45, 2.75) is 19.3 Å². The van der Waals surface area contributed by atoms with Crippen LogP contribution in [0, 0.1) is 0 Å². The van der Waals surface area contributed by atoms with Gasteiger partial charge >= 0.3 is 0 Å². The molecule has 9 aromatic rings. The van der Waals surface area contributed by atoms with Crippen LogP contribution in [-0.4, -0.2) is 19.9 Å². The maximum Gasteiger partial charge on any atom is 0.164 e. The molecule has 0 saturated heterocycles. The van der Waals surface area contributed by atoms with Crippen LogP contribution in [0.4, 0.5) is 0 Å². The monoisotopic (exact) mass is 730 g/mol. The number of rotatable bonds is 7. The van der Waals surface area contributed by atoms with Crippen molar-refractivity contribution < 1.29 is 0 Å². The fraction of sp³-hybridized carbons (Fsp3) is 0.0566. The first kappa shape index (κ1) is 34.2. The van der Waals surface area contributed by atoms with Crippen molar-refractivity contribution in [2.24, 2.45) is 0 Å². The average molecular weight is 731 g/mol. The Bertz CT molecular complexity index is 2920. The number of aromatic nitrogens is 4. The summed E-state index contributed by atoms with van der Waals surface area (Å²) in [6.45, 7) is 4.66. The summed E-state index contributed by atoms with van der Waals surface area (Å²) in [5.74, 6) is 1.89. The van der Waals surface area contributed by atoms with E-state index in [4.69, 9.17) is 15.0 Å². The summed E-state index contributed by atoms with van der Waals surface area (Å²) in [4.78, 5) is 19.3. The number of nitrogens with zero attached hydrogens (tertiary/aromatic N) is 4. The summed E-state index contributed by atoms with van der Waals surface area (Å²) in [7, 11) is 0. The van der Waals surface area contributed by atoms with Crippen LogP contribution >= 0.6 is 0 Å². The van der Waals surface area contributed by atoms with Gasteiger partial charge in [0.2, 0.25) is 0 Å². The second kappa shape index (κ2) is 14.1. The number of pyridine rings is 1. The molecule has 0 radical (unpaired) electrons. The summed E-state index contributed by atoms with van der Waals surface area (Å²) in [5.41, 5.74) is 17.4. The molecular weight excluding hydrogens is 693 g/mol. The fourth-order valence-corrected chi connectivity index (χ4v) is 8.19. The summed E-state index contributed by atoms with van der Waals surface area (Å²) in [6.07, 6.45) is 3.66. The zero-order valence-electron chi connectivity index (χ0n) is 31.8. The van der Waals surface area contributed by atoms with Crippen LogP contribution in [-0.2, 0) is 5.41 Å². The molecule has 270 valence electrons. The standard InChI is InChI=1S/C53H38N4/c1-53(2)48-22-7-6-21-46(48)47-33-43(27-28-49(47)53)41-17-9-15-39(31-41)38-14-8-16-40(30-38)42-18-10-19-44(32-42)52-56-50(36-12-4-3-5-13-36)55-51(57-52)37-25-23-35(24-26-37)45-20-11-29-54-34-45/h3-34H,1-2H3. The smallest absolute Gasteiger partial charge is 0.164 e. The predicted molar refractivity (Wildman–Crippen MR) is 233 cm³/mol. The van der Waals surface area contributed by atoms with Crippen molar-refractivity contribution in [1.82, 2.24) is 19.9 Å².